The number of benzene rings is 2. The van der Waals surface area contributed by atoms with E-state index in [0.29, 0.717) is 36.6 Å². The van der Waals surface area contributed by atoms with Gasteiger partial charge in [-0.2, -0.15) is 17.0 Å². The maximum absolute atomic E-state index is 12.8. The van der Waals surface area contributed by atoms with Gasteiger partial charge in [0.05, 0.1) is 30.7 Å². The van der Waals surface area contributed by atoms with Crippen LogP contribution in [0.4, 0.5) is 11.4 Å². The number of hydrogen-bond donors (Lipinski definition) is 2. The van der Waals surface area contributed by atoms with Gasteiger partial charge in [-0.15, -0.1) is 0 Å². The molecule has 0 radical (unpaired) electrons. The van der Waals surface area contributed by atoms with E-state index < -0.39 is 26.2 Å². The second kappa shape index (κ2) is 10.8. The maximum Gasteiger partial charge on any atom is 0.281 e. The van der Waals surface area contributed by atoms with Crippen LogP contribution in [0.1, 0.15) is 12.8 Å². The summed E-state index contributed by atoms with van der Waals surface area (Å²) >= 11 is 0. The molecule has 1 saturated heterocycles. The maximum atomic E-state index is 12.8. The summed E-state index contributed by atoms with van der Waals surface area (Å²) in [5.74, 6) is -0.00801. The molecule has 0 bridgehead atoms. The first-order chi connectivity index (χ1) is 16.5. The summed E-state index contributed by atoms with van der Waals surface area (Å²) in [5, 5.41) is 2.75. The number of anilines is 2. The van der Waals surface area contributed by atoms with E-state index in [2.05, 4.69) is 10.0 Å². The number of carbonyl (C=O) groups excluding carboxylic acids is 1. The van der Waals surface area contributed by atoms with E-state index in [4.69, 9.17) is 9.47 Å². The summed E-state index contributed by atoms with van der Waals surface area (Å²) in [6.07, 6.45) is 1.13. The van der Waals surface area contributed by atoms with Crippen LogP contribution in [0.5, 0.6) is 11.5 Å². The predicted octanol–water partition coefficient (Wildman–Crippen LogP) is 1.96. The van der Waals surface area contributed by atoms with Gasteiger partial charge in [-0.25, -0.2) is 8.42 Å². The molecule has 0 spiro atoms. The molecule has 1 heterocycles. The summed E-state index contributed by atoms with van der Waals surface area (Å²) in [6, 6.07) is 10.4. The molecule has 2 N–H and O–H groups in total. The third-order valence-corrected chi connectivity index (χ3v) is 8.92. The molecular formula is C22H30N4O7S2. The van der Waals surface area contributed by atoms with Gasteiger partial charge in [0.25, 0.3) is 20.2 Å². The highest BCUT2D eigenvalue weighted by Crippen LogP contribution is 2.31. The third-order valence-electron chi connectivity index (χ3n) is 5.63. The Bertz CT molecular complexity index is 1260. The van der Waals surface area contributed by atoms with Crippen molar-refractivity contribution in [3.05, 3.63) is 42.5 Å². The Kier molecular flexibility index (Phi) is 8.26. The van der Waals surface area contributed by atoms with E-state index in [1.165, 1.54) is 63.0 Å². The van der Waals surface area contributed by atoms with Crippen molar-refractivity contribution in [1.29, 1.82) is 0 Å². The minimum Gasteiger partial charge on any atom is -0.497 e. The van der Waals surface area contributed by atoms with Crippen LogP contribution in [0.2, 0.25) is 0 Å². The van der Waals surface area contributed by atoms with Gasteiger partial charge in [-0.1, -0.05) is 0 Å². The molecule has 0 aromatic heterocycles. The second-order valence-electron chi connectivity index (χ2n) is 8.17. The van der Waals surface area contributed by atoms with Crippen LogP contribution in [-0.2, 0) is 25.0 Å². The molecule has 2 aromatic rings. The molecule has 1 fully saturated rings. The molecule has 1 aliphatic rings. The molecule has 1 amide bonds. The van der Waals surface area contributed by atoms with Crippen LogP contribution >= 0.6 is 0 Å². The van der Waals surface area contributed by atoms with Crippen molar-refractivity contribution in [1.82, 2.24) is 8.61 Å². The van der Waals surface area contributed by atoms with E-state index in [1.54, 1.807) is 12.1 Å². The molecule has 0 aliphatic carbocycles. The quantitative estimate of drug-likeness (QED) is 0.510. The lowest BCUT2D eigenvalue weighted by atomic mass is 9.99. The molecule has 1 atom stereocenters. The van der Waals surface area contributed by atoms with E-state index in [0.717, 1.165) is 4.31 Å². The van der Waals surface area contributed by atoms with Crippen molar-refractivity contribution >= 4 is 37.5 Å². The Hall–Kier alpha value is -2.87. The SMILES string of the molecule is COc1ccc(NS(=O)(=O)c2ccc(NC(=O)[C@@H]3CCCN(S(=O)(=O)N(C)C)C3)cc2)c(OC)c1. The van der Waals surface area contributed by atoms with Gasteiger partial charge in [0.15, 0.2) is 0 Å². The summed E-state index contributed by atoms with van der Waals surface area (Å²) < 4.78 is 65.7. The first-order valence-electron chi connectivity index (χ1n) is 10.8. The highest BCUT2D eigenvalue weighted by molar-refractivity contribution is 7.92. The van der Waals surface area contributed by atoms with Crippen molar-refractivity contribution in [3.63, 3.8) is 0 Å². The van der Waals surface area contributed by atoms with Crippen LogP contribution in [0.25, 0.3) is 0 Å². The van der Waals surface area contributed by atoms with Crippen molar-refractivity contribution in [2.45, 2.75) is 17.7 Å². The molecule has 11 nitrogen and oxygen atoms in total. The van der Waals surface area contributed by atoms with Gasteiger partial charge in [0.2, 0.25) is 5.91 Å². The number of methoxy groups -OCH3 is 2. The van der Waals surface area contributed by atoms with Crippen LogP contribution in [0.3, 0.4) is 0 Å². The third kappa shape index (κ3) is 6.23. The summed E-state index contributed by atoms with van der Waals surface area (Å²) in [7, 11) is -1.70. The number of piperidine rings is 1. The topological polar surface area (TPSA) is 134 Å². The van der Waals surface area contributed by atoms with E-state index in [9.17, 15) is 21.6 Å². The first kappa shape index (κ1) is 26.7. The smallest absolute Gasteiger partial charge is 0.281 e. The normalized spacial score (nSPS) is 17.1. The number of carbonyl (C=O) groups is 1. The van der Waals surface area contributed by atoms with E-state index in [1.807, 2.05) is 0 Å². The first-order valence-corrected chi connectivity index (χ1v) is 13.7. The van der Waals surface area contributed by atoms with Gasteiger partial charge >= 0.3 is 0 Å². The van der Waals surface area contributed by atoms with Crippen molar-refractivity contribution in [2.24, 2.45) is 5.92 Å². The highest BCUT2D eigenvalue weighted by atomic mass is 32.2. The van der Waals surface area contributed by atoms with E-state index in [-0.39, 0.29) is 23.0 Å². The number of ether oxygens (including phenoxy) is 2. The van der Waals surface area contributed by atoms with Gasteiger partial charge in [0, 0.05) is 38.9 Å². The molecule has 1 aliphatic heterocycles. The fourth-order valence-electron chi connectivity index (χ4n) is 3.65. The average molecular weight is 527 g/mol. The number of nitrogens with zero attached hydrogens (tertiary/aromatic N) is 2. The highest BCUT2D eigenvalue weighted by Gasteiger charge is 2.33. The Balaban J connectivity index is 1.68. The van der Waals surface area contributed by atoms with Gasteiger partial charge in [0.1, 0.15) is 11.5 Å². The summed E-state index contributed by atoms with van der Waals surface area (Å²) in [6.45, 7) is 0.454. The number of rotatable bonds is 9. The molecular weight excluding hydrogens is 496 g/mol. The Morgan fingerprint density at radius 1 is 1.03 bits per heavy atom. The summed E-state index contributed by atoms with van der Waals surface area (Å²) in [4.78, 5) is 12.7. The molecule has 0 saturated carbocycles. The zero-order chi connectivity index (χ0) is 25.8. The van der Waals surface area contributed by atoms with Crippen LogP contribution < -0.4 is 19.5 Å². The largest absolute Gasteiger partial charge is 0.497 e. The number of hydrogen-bond acceptors (Lipinski definition) is 7. The Labute approximate surface area is 206 Å². The minimum absolute atomic E-state index is 0.00529. The number of nitrogens with one attached hydrogen (secondary N) is 2. The number of amides is 1. The zero-order valence-electron chi connectivity index (χ0n) is 20.0. The Morgan fingerprint density at radius 3 is 2.31 bits per heavy atom. The van der Waals surface area contributed by atoms with Crippen LogP contribution in [0, 0.1) is 5.92 Å². The lowest BCUT2D eigenvalue weighted by Crippen LogP contribution is -2.47. The molecule has 35 heavy (non-hydrogen) atoms. The molecule has 192 valence electrons. The van der Waals surface area contributed by atoms with Crippen molar-refractivity contribution in [2.75, 3.05) is 51.4 Å². The molecule has 2 aromatic carbocycles. The van der Waals surface area contributed by atoms with Crippen molar-refractivity contribution < 1.29 is 31.1 Å². The fourth-order valence-corrected chi connectivity index (χ4v) is 5.91. The second-order valence-corrected chi connectivity index (χ2v) is 12.0. The minimum atomic E-state index is -3.92. The van der Waals surface area contributed by atoms with Crippen molar-refractivity contribution in [3.8, 4) is 11.5 Å². The zero-order valence-corrected chi connectivity index (χ0v) is 21.6. The Morgan fingerprint density at radius 2 is 1.71 bits per heavy atom. The molecule has 0 unspecified atom stereocenters. The summed E-state index contributed by atoms with van der Waals surface area (Å²) in [5.41, 5.74) is 0.656. The van der Waals surface area contributed by atoms with Gasteiger partial charge in [-0.3, -0.25) is 9.52 Å². The lowest BCUT2D eigenvalue weighted by molar-refractivity contribution is -0.120. The molecule has 3 rings (SSSR count). The standard InChI is InChI=1S/C22H30N4O7S2/c1-25(2)35(30,31)26-13-5-6-16(15-26)22(27)23-17-7-10-19(11-8-17)34(28,29)24-20-12-9-18(32-3)14-21(20)33-4/h7-12,14,16,24H,5-6,13,15H2,1-4H3,(H,23,27)/t16-/m1/s1. The van der Waals surface area contributed by atoms with Crippen LogP contribution in [-0.4, -0.2) is 72.8 Å². The monoisotopic (exact) mass is 526 g/mol. The predicted molar refractivity (Wildman–Crippen MR) is 132 cm³/mol. The molecule has 13 heteroatoms. The number of sulfonamides is 1. The van der Waals surface area contributed by atoms with Gasteiger partial charge in [-0.05, 0) is 49.2 Å². The van der Waals surface area contributed by atoms with Crippen LogP contribution in [0.15, 0.2) is 47.4 Å². The fraction of sp³-hybridized carbons (Fsp3) is 0.409. The lowest BCUT2D eigenvalue weighted by Gasteiger charge is -2.32. The van der Waals surface area contributed by atoms with E-state index >= 15 is 0 Å². The van der Waals surface area contributed by atoms with Gasteiger partial charge < -0.3 is 14.8 Å². The average Bonchev–Trinajstić information content (AvgIpc) is 2.84.